The monoisotopic (exact) mass is 539 g/mol. The number of carbonyl (C=O) groups excluding carboxylic acids is 2. The molecule has 1 atom stereocenters. The van der Waals surface area contributed by atoms with Crippen LogP contribution in [0.15, 0.2) is 48.8 Å². The highest BCUT2D eigenvalue weighted by molar-refractivity contribution is 6.31. The molecule has 3 aromatic rings. The van der Waals surface area contributed by atoms with Crippen molar-refractivity contribution in [2.75, 3.05) is 30.3 Å². The first-order valence-electron chi connectivity index (χ1n) is 12.4. The van der Waals surface area contributed by atoms with Crippen LogP contribution in [0.5, 0.6) is 5.75 Å². The molecule has 1 amide bonds. The summed E-state index contributed by atoms with van der Waals surface area (Å²) in [4.78, 5) is 35.1. The molecule has 2 aliphatic rings. The van der Waals surface area contributed by atoms with Crippen LogP contribution >= 0.6 is 11.6 Å². The lowest BCUT2D eigenvalue weighted by Gasteiger charge is -2.29. The fourth-order valence-corrected chi connectivity index (χ4v) is 4.47. The van der Waals surface area contributed by atoms with Crippen molar-refractivity contribution < 1.29 is 23.5 Å². The van der Waals surface area contributed by atoms with Crippen molar-refractivity contribution in [3.63, 3.8) is 0 Å². The minimum absolute atomic E-state index is 0.0137. The van der Waals surface area contributed by atoms with Gasteiger partial charge in [-0.05, 0) is 50.5 Å². The average molecular weight is 540 g/mol. The zero-order valence-corrected chi connectivity index (χ0v) is 21.5. The predicted octanol–water partition coefficient (Wildman–Crippen LogP) is 4.84. The lowest BCUT2D eigenvalue weighted by atomic mass is 9.96. The molecular formula is C27H27ClFN5O4. The SMILES string of the molecule is C[C@H]1CN(C/C=C/C(=O)Nc2cc3c(Nc4ccc(F)c(Cl)c4)ncnc3cc2OC2CCC2)CC(=O)O1. The first-order chi connectivity index (χ1) is 18.3. The zero-order valence-electron chi connectivity index (χ0n) is 20.7. The molecular weight excluding hydrogens is 513 g/mol. The van der Waals surface area contributed by atoms with E-state index in [1.807, 2.05) is 11.8 Å². The number of carbonyl (C=O) groups is 2. The van der Waals surface area contributed by atoms with Crippen LogP contribution < -0.4 is 15.4 Å². The smallest absolute Gasteiger partial charge is 0.320 e. The number of aromatic nitrogens is 2. The van der Waals surface area contributed by atoms with Crippen molar-refractivity contribution >= 4 is 51.6 Å². The molecule has 0 spiro atoms. The Morgan fingerprint density at radius 3 is 2.87 bits per heavy atom. The van der Waals surface area contributed by atoms with E-state index in [-0.39, 0.29) is 35.7 Å². The number of hydrogen-bond donors (Lipinski definition) is 2. The Morgan fingerprint density at radius 2 is 2.13 bits per heavy atom. The minimum Gasteiger partial charge on any atom is -0.488 e. The second-order valence-electron chi connectivity index (χ2n) is 9.40. The van der Waals surface area contributed by atoms with E-state index < -0.39 is 5.82 Å². The lowest BCUT2D eigenvalue weighted by molar-refractivity contribution is -0.156. The summed E-state index contributed by atoms with van der Waals surface area (Å²) >= 11 is 5.93. The molecule has 1 aliphatic heterocycles. The molecule has 1 aliphatic carbocycles. The number of morpholine rings is 1. The van der Waals surface area contributed by atoms with Gasteiger partial charge in [-0.2, -0.15) is 0 Å². The molecule has 2 N–H and O–H groups in total. The molecule has 9 nitrogen and oxygen atoms in total. The normalized spacial score (nSPS) is 18.3. The van der Waals surface area contributed by atoms with Crippen molar-refractivity contribution in [1.29, 1.82) is 0 Å². The summed E-state index contributed by atoms with van der Waals surface area (Å²) in [7, 11) is 0. The molecule has 2 aromatic carbocycles. The summed E-state index contributed by atoms with van der Waals surface area (Å²) in [6, 6.07) is 7.82. The van der Waals surface area contributed by atoms with E-state index in [0.29, 0.717) is 46.9 Å². The Labute approximate surface area is 224 Å². The third-order valence-corrected chi connectivity index (χ3v) is 6.65. The third-order valence-electron chi connectivity index (χ3n) is 6.36. The molecule has 11 heteroatoms. The molecule has 2 heterocycles. The summed E-state index contributed by atoms with van der Waals surface area (Å²) in [6.07, 6.45) is 7.46. The third kappa shape index (κ3) is 6.20. The van der Waals surface area contributed by atoms with Crippen LogP contribution in [0.25, 0.3) is 10.9 Å². The van der Waals surface area contributed by atoms with Crippen molar-refractivity contribution in [1.82, 2.24) is 14.9 Å². The summed E-state index contributed by atoms with van der Waals surface area (Å²) < 4.78 is 24.9. The van der Waals surface area contributed by atoms with Gasteiger partial charge in [-0.1, -0.05) is 17.7 Å². The molecule has 38 heavy (non-hydrogen) atoms. The molecule has 198 valence electrons. The zero-order chi connectivity index (χ0) is 26.6. The maximum Gasteiger partial charge on any atom is 0.320 e. The van der Waals surface area contributed by atoms with Gasteiger partial charge in [0.15, 0.2) is 0 Å². The number of fused-ring (bicyclic) bond motifs is 1. The van der Waals surface area contributed by atoms with Gasteiger partial charge < -0.3 is 20.1 Å². The van der Waals surface area contributed by atoms with Crippen molar-refractivity contribution in [2.45, 2.75) is 38.4 Å². The Bertz CT molecular complexity index is 1400. The number of halogens is 2. The highest BCUT2D eigenvalue weighted by atomic mass is 35.5. The molecule has 1 saturated heterocycles. The fraction of sp³-hybridized carbons (Fsp3) is 0.333. The van der Waals surface area contributed by atoms with Crippen LogP contribution in [0.3, 0.4) is 0 Å². The van der Waals surface area contributed by atoms with Crippen molar-refractivity contribution in [3.8, 4) is 5.75 Å². The van der Waals surface area contributed by atoms with Gasteiger partial charge in [-0.15, -0.1) is 0 Å². The van der Waals surface area contributed by atoms with E-state index in [1.165, 1.54) is 24.5 Å². The number of anilines is 3. The number of nitrogens with one attached hydrogen (secondary N) is 2. The number of esters is 1. The van der Waals surface area contributed by atoms with Crippen LogP contribution in [0.2, 0.25) is 5.02 Å². The van der Waals surface area contributed by atoms with Crippen LogP contribution in [-0.2, 0) is 14.3 Å². The lowest BCUT2D eigenvalue weighted by Crippen LogP contribution is -2.44. The van der Waals surface area contributed by atoms with E-state index in [2.05, 4.69) is 20.6 Å². The Hall–Kier alpha value is -3.76. The standard InChI is InChI=1S/C27H27ClFN5O4/c1-16-13-34(14-26(36)37-16)9-3-6-25(35)33-23-11-19-22(12-24(23)38-18-4-2-5-18)30-15-31-27(19)32-17-7-8-21(29)20(28)10-17/h3,6-8,10-12,15-16,18H,2,4-5,9,13-14H2,1H3,(H,33,35)(H,30,31,32)/b6-3+/t16-/m0/s1. The summed E-state index contributed by atoms with van der Waals surface area (Å²) in [5.74, 6) is -0.149. The second-order valence-corrected chi connectivity index (χ2v) is 9.81. The van der Waals surface area contributed by atoms with Crippen LogP contribution in [0, 0.1) is 5.82 Å². The number of rotatable bonds is 8. The fourth-order valence-electron chi connectivity index (χ4n) is 4.29. The van der Waals surface area contributed by atoms with Gasteiger partial charge in [-0.3, -0.25) is 14.5 Å². The first-order valence-corrected chi connectivity index (χ1v) is 12.8. The highest BCUT2D eigenvalue weighted by Crippen LogP contribution is 2.36. The van der Waals surface area contributed by atoms with Crippen molar-refractivity contribution in [2.24, 2.45) is 0 Å². The van der Waals surface area contributed by atoms with E-state index in [4.69, 9.17) is 21.1 Å². The van der Waals surface area contributed by atoms with E-state index in [0.717, 1.165) is 19.3 Å². The predicted molar refractivity (Wildman–Crippen MR) is 142 cm³/mol. The van der Waals surface area contributed by atoms with E-state index in [9.17, 15) is 14.0 Å². The number of amides is 1. The number of hydrogen-bond acceptors (Lipinski definition) is 8. The first kappa shape index (κ1) is 25.9. The maximum atomic E-state index is 13.6. The van der Waals surface area contributed by atoms with Crippen molar-refractivity contribution in [3.05, 3.63) is 59.7 Å². The maximum absolute atomic E-state index is 13.6. The quantitative estimate of drug-likeness (QED) is 0.309. The van der Waals surface area contributed by atoms with Gasteiger partial charge in [0.05, 0.1) is 28.9 Å². The molecule has 0 bridgehead atoms. The molecule has 0 unspecified atom stereocenters. The average Bonchev–Trinajstić information content (AvgIpc) is 2.83. The topological polar surface area (TPSA) is 106 Å². The van der Waals surface area contributed by atoms with Crippen LogP contribution in [0.4, 0.5) is 21.6 Å². The van der Waals surface area contributed by atoms with Gasteiger partial charge in [0.1, 0.15) is 29.8 Å². The number of nitrogens with zero attached hydrogens (tertiary/aromatic N) is 3. The number of cyclic esters (lactones) is 1. The van der Waals surface area contributed by atoms with Gasteiger partial charge in [-0.25, -0.2) is 14.4 Å². The van der Waals surface area contributed by atoms with Gasteiger partial charge in [0, 0.05) is 36.3 Å². The Morgan fingerprint density at radius 1 is 1.29 bits per heavy atom. The Balaban J connectivity index is 1.38. The van der Waals surface area contributed by atoms with Gasteiger partial charge in [0.2, 0.25) is 5.91 Å². The molecule has 5 rings (SSSR count). The summed E-state index contributed by atoms with van der Waals surface area (Å²) in [5.41, 5.74) is 1.64. The molecule has 1 aromatic heterocycles. The van der Waals surface area contributed by atoms with Gasteiger partial charge in [0.25, 0.3) is 0 Å². The van der Waals surface area contributed by atoms with E-state index in [1.54, 1.807) is 24.3 Å². The van der Waals surface area contributed by atoms with Gasteiger partial charge >= 0.3 is 5.97 Å². The molecule has 2 fully saturated rings. The van der Waals surface area contributed by atoms with Crippen LogP contribution in [-0.4, -0.2) is 58.6 Å². The largest absolute Gasteiger partial charge is 0.488 e. The number of benzene rings is 2. The second kappa shape index (κ2) is 11.3. The Kier molecular flexibility index (Phi) is 7.71. The van der Waals surface area contributed by atoms with E-state index >= 15 is 0 Å². The van der Waals surface area contributed by atoms with Crippen LogP contribution in [0.1, 0.15) is 26.2 Å². The minimum atomic E-state index is -0.518. The highest BCUT2D eigenvalue weighted by Gasteiger charge is 2.23. The molecule has 0 radical (unpaired) electrons. The molecule has 1 saturated carbocycles. The summed E-state index contributed by atoms with van der Waals surface area (Å²) in [6.45, 7) is 3.08. The summed E-state index contributed by atoms with van der Waals surface area (Å²) in [5, 5.41) is 6.67. The number of ether oxygens (including phenoxy) is 2.